The molecule has 0 aliphatic carbocycles. The van der Waals surface area contributed by atoms with Gasteiger partial charge in [0.15, 0.2) is 0 Å². The topological polar surface area (TPSA) is 0 Å². The first-order chi connectivity index (χ1) is 11.4. The normalized spacial score (nSPS) is 11.3. The van der Waals surface area contributed by atoms with Crippen LogP contribution in [-0.2, 0) is 0 Å². The molecule has 0 heteroatoms. The van der Waals surface area contributed by atoms with Crippen LogP contribution in [0.15, 0.2) is 24.8 Å². The van der Waals surface area contributed by atoms with Crippen molar-refractivity contribution in [2.24, 2.45) is 0 Å². The van der Waals surface area contributed by atoms with Crippen molar-refractivity contribution in [2.75, 3.05) is 0 Å². The van der Waals surface area contributed by atoms with Gasteiger partial charge in [0.1, 0.15) is 0 Å². The van der Waals surface area contributed by atoms with Gasteiger partial charge in [0, 0.05) is 0 Å². The molecule has 0 rings (SSSR count). The highest BCUT2D eigenvalue weighted by atomic mass is 14.0. The molecule has 0 spiro atoms. The first-order valence-electron chi connectivity index (χ1n) is 10.7. The molecule has 0 aromatic carbocycles. The zero-order valence-corrected chi connectivity index (χ0v) is 16.2. The molecule has 0 radical (unpaired) electrons. The predicted octanol–water partition coefficient (Wildman–Crippen LogP) is 8.77. The smallest absolute Gasteiger partial charge is 0.0351 e. The molecule has 0 saturated carbocycles. The van der Waals surface area contributed by atoms with Gasteiger partial charge in [-0.3, -0.25) is 0 Å². The molecule has 0 saturated heterocycles. The molecule has 0 nitrogen and oxygen atoms in total. The Bertz CT molecular complexity index is 238. The van der Waals surface area contributed by atoms with E-state index in [9.17, 15) is 0 Å². The maximum Gasteiger partial charge on any atom is -0.0351 e. The van der Waals surface area contributed by atoms with Gasteiger partial charge in [0.05, 0.1) is 0 Å². The van der Waals surface area contributed by atoms with Crippen molar-refractivity contribution in [1.29, 1.82) is 0 Å². The number of allylic oxidation sites excluding steroid dienone is 3. The van der Waals surface area contributed by atoms with Gasteiger partial charge in [-0.2, -0.15) is 0 Å². The van der Waals surface area contributed by atoms with Crippen LogP contribution in [-0.4, -0.2) is 0 Å². The van der Waals surface area contributed by atoms with Crippen LogP contribution >= 0.6 is 0 Å². The minimum Gasteiger partial charge on any atom is -0.103 e. The third-order valence-corrected chi connectivity index (χ3v) is 4.68. The third-order valence-electron chi connectivity index (χ3n) is 4.68. The number of hydrogen-bond acceptors (Lipinski definition) is 0. The first kappa shape index (κ1) is 22.5. The Morgan fingerprint density at radius 2 is 0.826 bits per heavy atom. The van der Waals surface area contributed by atoms with Gasteiger partial charge in [-0.15, -0.1) is 6.58 Å². The molecule has 0 atom stereocenters. The van der Waals surface area contributed by atoms with Crippen LogP contribution in [0, 0.1) is 0 Å². The lowest BCUT2D eigenvalue weighted by molar-refractivity contribution is 0.531. The van der Waals surface area contributed by atoms with E-state index in [4.69, 9.17) is 0 Å². The molecule has 0 aliphatic rings. The van der Waals surface area contributed by atoms with Gasteiger partial charge in [0.2, 0.25) is 0 Å². The Morgan fingerprint density at radius 3 is 1.17 bits per heavy atom. The van der Waals surface area contributed by atoms with E-state index < -0.39 is 0 Å². The number of rotatable bonds is 19. The highest BCUT2D eigenvalue weighted by Gasteiger charge is 1.94. The molecule has 0 amide bonds. The van der Waals surface area contributed by atoms with Gasteiger partial charge in [-0.25, -0.2) is 0 Å². The summed E-state index contributed by atoms with van der Waals surface area (Å²) < 4.78 is 0. The quantitative estimate of drug-likeness (QED) is 0.165. The molecule has 0 fully saturated rings. The third kappa shape index (κ3) is 21.5. The van der Waals surface area contributed by atoms with Crippen LogP contribution in [0.3, 0.4) is 0 Å². The monoisotopic (exact) mass is 320 g/mol. The molecule has 0 N–H and O–H groups in total. The summed E-state index contributed by atoms with van der Waals surface area (Å²) in [6, 6.07) is 0. The molecule has 0 unspecified atom stereocenters. The lowest BCUT2D eigenvalue weighted by atomic mass is 10.0. The van der Waals surface area contributed by atoms with Crippen molar-refractivity contribution in [2.45, 2.75) is 122 Å². The van der Waals surface area contributed by atoms with Crippen LogP contribution in [0.2, 0.25) is 0 Å². The Morgan fingerprint density at radius 1 is 0.478 bits per heavy atom. The average Bonchev–Trinajstić information content (AvgIpc) is 2.57. The maximum atomic E-state index is 3.78. The Hall–Kier alpha value is -0.520. The zero-order chi connectivity index (χ0) is 16.8. The van der Waals surface area contributed by atoms with Crippen molar-refractivity contribution >= 4 is 0 Å². The van der Waals surface area contributed by atoms with Crippen molar-refractivity contribution < 1.29 is 0 Å². The second-order valence-electron chi connectivity index (χ2n) is 7.05. The summed E-state index contributed by atoms with van der Waals surface area (Å²) in [6.45, 7) is 5.99. The summed E-state index contributed by atoms with van der Waals surface area (Å²) in [5, 5.41) is 0. The highest BCUT2D eigenvalue weighted by molar-refractivity contribution is 4.79. The summed E-state index contributed by atoms with van der Waals surface area (Å²) in [5.41, 5.74) is 0. The van der Waals surface area contributed by atoms with E-state index in [-0.39, 0.29) is 0 Å². The first-order valence-corrected chi connectivity index (χ1v) is 10.7. The summed E-state index contributed by atoms with van der Waals surface area (Å²) in [4.78, 5) is 0. The fourth-order valence-corrected chi connectivity index (χ4v) is 3.13. The fourth-order valence-electron chi connectivity index (χ4n) is 3.13. The van der Waals surface area contributed by atoms with Crippen LogP contribution in [0.4, 0.5) is 0 Å². The predicted molar refractivity (Wildman–Crippen MR) is 108 cm³/mol. The minimum atomic E-state index is 1.19. The standard InChI is InChI=1S/C23H44/c1-3-5-7-9-11-13-15-17-19-21-23-22-20-18-16-14-12-10-8-6-4-2/h3,6,8H,1,4-5,7,9-23H2,2H3/b8-6+. The fraction of sp³-hybridized carbons (Fsp3) is 0.826. The van der Waals surface area contributed by atoms with Gasteiger partial charge < -0.3 is 0 Å². The minimum absolute atomic E-state index is 1.19. The van der Waals surface area contributed by atoms with E-state index in [1.54, 1.807) is 0 Å². The molecule has 0 bridgehead atoms. The Labute approximate surface area is 147 Å². The second kappa shape index (κ2) is 21.5. The summed E-state index contributed by atoms with van der Waals surface area (Å²) in [7, 11) is 0. The molecule has 0 heterocycles. The molecule has 0 aromatic heterocycles. The molecular weight excluding hydrogens is 276 g/mol. The average molecular weight is 321 g/mol. The molecular formula is C23H44. The van der Waals surface area contributed by atoms with Gasteiger partial charge in [-0.05, 0) is 32.1 Å². The molecule has 23 heavy (non-hydrogen) atoms. The van der Waals surface area contributed by atoms with E-state index in [1.165, 1.54) is 116 Å². The van der Waals surface area contributed by atoms with Crippen molar-refractivity contribution in [1.82, 2.24) is 0 Å². The van der Waals surface area contributed by atoms with Crippen LogP contribution in [0.5, 0.6) is 0 Å². The second-order valence-corrected chi connectivity index (χ2v) is 7.05. The Kier molecular flexibility index (Phi) is 21.0. The Balaban J connectivity index is 2.97. The van der Waals surface area contributed by atoms with E-state index >= 15 is 0 Å². The van der Waals surface area contributed by atoms with Gasteiger partial charge in [0.25, 0.3) is 0 Å². The van der Waals surface area contributed by atoms with Gasteiger partial charge >= 0.3 is 0 Å². The SMILES string of the molecule is C=CCCCCCCCCCCCCCCCCC/C=C/CC. The lowest BCUT2D eigenvalue weighted by Gasteiger charge is -2.03. The summed E-state index contributed by atoms with van der Waals surface area (Å²) in [6.07, 6.45) is 32.0. The molecule has 136 valence electrons. The van der Waals surface area contributed by atoms with E-state index in [0.29, 0.717) is 0 Å². The summed E-state index contributed by atoms with van der Waals surface area (Å²) in [5.74, 6) is 0. The highest BCUT2D eigenvalue weighted by Crippen LogP contribution is 2.14. The van der Waals surface area contributed by atoms with Crippen molar-refractivity contribution in [3.8, 4) is 0 Å². The number of hydrogen-bond donors (Lipinski definition) is 0. The van der Waals surface area contributed by atoms with Gasteiger partial charge in [-0.1, -0.05) is 109 Å². The molecule has 0 aromatic rings. The van der Waals surface area contributed by atoms with Crippen molar-refractivity contribution in [3.05, 3.63) is 24.8 Å². The van der Waals surface area contributed by atoms with Crippen LogP contribution in [0.25, 0.3) is 0 Å². The van der Waals surface area contributed by atoms with E-state index in [0.717, 1.165) is 0 Å². The number of unbranched alkanes of at least 4 members (excludes halogenated alkanes) is 16. The van der Waals surface area contributed by atoms with Crippen molar-refractivity contribution in [3.63, 3.8) is 0 Å². The maximum absolute atomic E-state index is 3.78. The van der Waals surface area contributed by atoms with Crippen LogP contribution < -0.4 is 0 Å². The van der Waals surface area contributed by atoms with E-state index in [2.05, 4.69) is 25.7 Å². The molecule has 0 aliphatic heterocycles. The zero-order valence-electron chi connectivity index (χ0n) is 16.2. The lowest BCUT2D eigenvalue weighted by Crippen LogP contribution is -1.83. The van der Waals surface area contributed by atoms with E-state index in [1.807, 2.05) is 6.08 Å². The largest absolute Gasteiger partial charge is 0.103 e. The van der Waals surface area contributed by atoms with Crippen LogP contribution in [0.1, 0.15) is 122 Å². The summed E-state index contributed by atoms with van der Waals surface area (Å²) >= 11 is 0.